The molecule has 1 aromatic carbocycles. The largest absolute Gasteiger partial charge is 0.368 e. The number of halogens is 2. The molecule has 0 amide bonds. The number of nitrogens with zero attached hydrogens (tertiary/aromatic N) is 5. The monoisotopic (exact) mass is 505 g/mol. The molecule has 2 saturated carbocycles. The molecule has 0 bridgehead atoms. The average Bonchev–Trinajstić information content (AvgIpc) is 3.21. The third-order valence-electron chi connectivity index (χ3n) is 8.96. The minimum absolute atomic E-state index is 0.109. The minimum Gasteiger partial charge on any atom is -0.368 e. The third kappa shape index (κ3) is 4.06. The van der Waals surface area contributed by atoms with E-state index < -0.39 is 26.9 Å². The Morgan fingerprint density at radius 2 is 1.63 bits per heavy atom. The molecule has 2 aliphatic heterocycles. The van der Waals surface area contributed by atoms with Gasteiger partial charge < -0.3 is 9.47 Å². The van der Waals surface area contributed by atoms with Gasteiger partial charge in [-0.3, -0.25) is 0 Å². The Morgan fingerprint density at radius 1 is 0.943 bits per heavy atom. The van der Waals surface area contributed by atoms with Crippen molar-refractivity contribution in [3.8, 4) is 0 Å². The molecule has 1 unspecified atom stereocenters. The predicted molar refractivity (Wildman–Crippen MR) is 128 cm³/mol. The van der Waals surface area contributed by atoms with Crippen molar-refractivity contribution in [3.63, 3.8) is 0 Å². The van der Waals surface area contributed by atoms with E-state index in [0.717, 1.165) is 32.1 Å². The molecule has 3 heterocycles. The lowest BCUT2D eigenvalue weighted by Crippen LogP contribution is -2.50. The van der Waals surface area contributed by atoms with E-state index in [2.05, 4.69) is 10.2 Å². The number of piperidine rings is 1. The van der Waals surface area contributed by atoms with Crippen molar-refractivity contribution in [2.45, 2.75) is 75.7 Å². The number of sulfonamides is 1. The summed E-state index contributed by atoms with van der Waals surface area (Å²) in [6.07, 6.45) is 10.0. The molecule has 2 aliphatic carbocycles. The number of rotatable bonds is 5. The van der Waals surface area contributed by atoms with Crippen molar-refractivity contribution < 1.29 is 17.2 Å². The maximum absolute atomic E-state index is 15.2. The summed E-state index contributed by atoms with van der Waals surface area (Å²) in [4.78, 5) is 1.90. The van der Waals surface area contributed by atoms with Crippen LogP contribution in [0.1, 0.15) is 63.5 Å². The van der Waals surface area contributed by atoms with Crippen LogP contribution in [0.25, 0.3) is 0 Å². The summed E-state index contributed by atoms with van der Waals surface area (Å²) in [7, 11) is -3.57. The first kappa shape index (κ1) is 23.3. The second-order valence-corrected chi connectivity index (χ2v) is 13.1. The van der Waals surface area contributed by atoms with Crippen LogP contribution in [0.15, 0.2) is 24.8 Å². The normalized spacial score (nSPS) is 33.1. The number of anilines is 1. The molecule has 0 N–H and O–H groups in total. The Hall–Kier alpha value is -2.07. The molecule has 5 atom stereocenters. The smallest absolute Gasteiger partial charge is 0.217 e. The van der Waals surface area contributed by atoms with E-state index in [1.54, 1.807) is 12.7 Å². The number of hydrogen-bond donors (Lipinski definition) is 0. The van der Waals surface area contributed by atoms with E-state index in [1.165, 1.54) is 22.9 Å². The van der Waals surface area contributed by atoms with Crippen LogP contribution in [0.5, 0.6) is 0 Å². The molecule has 2 saturated heterocycles. The van der Waals surface area contributed by atoms with E-state index in [9.17, 15) is 8.42 Å². The molecule has 2 aromatic rings. The van der Waals surface area contributed by atoms with Crippen molar-refractivity contribution in [3.05, 3.63) is 42.0 Å². The van der Waals surface area contributed by atoms with Gasteiger partial charge in [-0.2, -0.15) is 4.31 Å². The number of benzene rings is 1. The van der Waals surface area contributed by atoms with Crippen LogP contribution in [0.2, 0.25) is 0 Å². The molecule has 6 rings (SSSR count). The van der Waals surface area contributed by atoms with Gasteiger partial charge in [0.25, 0.3) is 0 Å². The van der Waals surface area contributed by atoms with Gasteiger partial charge in [0.05, 0.1) is 10.9 Å². The summed E-state index contributed by atoms with van der Waals surface area (Å²) >= 11 is 0. The average molecular weight is 506 g/mol. The maximum Gasteiger partial charge on any atom is 0.217 e. The fourth-order valence-corrected chi connectivity index (χ4v) is 9.43. The van der Waals surface area contributed by atoms with Crippen LogP contribution in [-0.2, 0) is 16.6 Å². The highest BCUT2D eigenvalue weighted by atomic mass is 32.2. The van der Waals surface area contributed by atoms with Crippen molar-refractivity contribution >= 4 is 15.7 Å². The van der Waals surface area contributed by atoms with Crippen LogP contribution < -0.4 is 4.90 Å². The van der Waals surface area contributed by atoms with E-state index in [-0.39, 0.29) is 29.8 Å². The molecule has 7 nitrogen and oxygen atoms in total. The highest BCUT2D eigenvalue weighted by molar-refractivity contribution is 7.89. The van der Waals surface area contributed by atoms with Crippen molar-refractivity contribution in [2.24, 2.45) is 17.8 Å². The molecule has 190 valence electrons. The van der Waals surface area contributed by atoms with Crippen LogP contribution in [0.4, 0.5) is 14.5 Å². The summed E-state index contributed by atoms with van der Waals surface area (Å²) in [6, 6.07) is 2.57. The molecule has 4 fully saturated rings. The first-order chi connectivity index (χ1) is 16.8. The second-order valence-electron chi connectivity index (χ2n) is 11.0. The molecule has 0 spiro atoms. The molecule has 4 aliphatic rings. The minimum atomic E-state index is -3.57. The zero-order valence-corrected chi connectivity index (χ0v) is 20.9. The standard InChI is InChI=1S/C25H33F2N5O2S/c1-16-7-8-24(17-5-3-2-4-6-17)35(33,34)32(16)11-18-9-22(27)23(10-21(18)26)30-12-19-20(13-30)25(19)31-14-28-29-15-31/h9-10,14-17,19-20,24-25H,2-8,11-13H2,1H3/t16-,19-,20+,24+,25?/m0/s1. The molecule has 1 aromatic heterocycles. The Morgan fingerprint density at radius 3 is 2.31 bits per heavy atom. The Kier molecular flexibility index (Phi) is 5.86. The summed E-state index contributed by atoms with van der Waals surface area (Å²) in [5, 5.41) is 7.32. The zero-order valence-electron chi connectivity index (χ0n) is 20.1. The van der Waals surface area contributed by atoms with Gasteiger partial charge in [0, 0.05) is 55.2 Å². The van der Waals surface area contributed by atoms with Gasteiger partial charge >= 0.3 is 0 Å². The van der Waals surface area contributed by atoms with E-state index >= 15 is 8.78 Å². The van der Waals surface area contributed by atoms with Crippen LogP contribution in [0.3, 0.4) is 0 Å². The van der Waals surface area contributed by atoms with Gasteiger partial charge in [-0.15, -0.1) is 10.2 Å². The first-order valence-corrected chi connectivity index (χ1v) is 14.4. The Labute approximate surface area is 205 Å². The summed E-state index contributed by atoms with van der Waals surface area (Å²) < 4.78 is 61.0. The Bertz CT molecular complexity index is 1170. The molecular weight excluding hydrogens is 472 g/mol. The van der Waals surface area contributed by atoms with Crippen LogP contribution in [0, 0.1) is 29.4 Å². The molecule has 10 heteroatoms. The lowest BCUT2D eigenvalue weighted by molar-refractivity contribution is 0.241. The lowest BCUT2D eigenvalue weighted by Gasteiger charge is -2.41. The van der Waals surface area contributed by atoms with Gasteiger partial charge in [0.15, 0.2) is 0 Å². The van der Waals surface area contributed by atoms with Gasteiger partial charge in [0.1, 0.15) is 24.3 Å². The zero-order chi connectivity index (χ0) is 24.3. The third-order valence-corrected chi connectivity index (χ3v) is 11.5. The predicted octanol–water partition coefficient (Wildman–Crippen LogP) is 4.13. The number of hydrogen-bond acceptors (Lipinski definition) is 5. The van der Waals surface area contributed by atoms with E-state index in [0.29, 0.717) is 37.4 Å². The van der Waals surface area contributed by atoms with Gasteiger partial charge in [-0.05, 0) is 44.6 Å². The van der Waals surface area contributed by atoms with Crippen LogP contribution >= 0.6 is 0 Å². The molecule has 0 radical (unpaired) electrons. The topological polar surface area (TPSA) is 71.3 Å². The SMILES string of the molecule is C[C@H]1CC[C@H](C2CCCCC2)S(=O)(=O)N1Cc1cc(F)c(N2C[C@@H]3C(n4cnnc4)[C@@H]3C2)cc1F. The summed E-state index contributed by atoms with van der Waals surface area (Å²) in [5.41, 5.74) is 0.369. The van der Waals surface area contributed by atoms with Gasteiger partial charge in [-0.25, -0.2) is 17.2 Å². The number of aromatic nitrogens is 3. The van der Waals surface area contributed by atoms with Crippen molar-refractivity contribution in [2.75, 3.05) is 18.0 Å². The molecule has 35 heavy (non-hydrogen) atoms. The lowest BCUT2D eigenvalue weighted by atomic mass is 9.85. The fraction of sp³-hybridized carbons (Fsp3) is 0.680. The van der Waals surface area contributed by atoms with Gasteiger partial charge in [0.2, 0.25) is 10.0 Å². The van der Waals surface area contributed by atoms with Crippen LogP contribution in [-0.4, -0.2) is 51.9 Å². The summed E-state index contributed by atoms with van der Waals surface area (Å²) in [6.45, 7) is 3.07. The first-order valence-electron chi connectivity index (χ1n) is 12.9. The highest BCUT2D eigenvalue weighted by Gasteiger charge is 2.57. The van der Waals surface area contributed by atoms with Crippen molar-refractivity contribution in [1.29, 1.82) is 0 Å². The van der Waals surface area contributed by atoms with Crippen molar-refractivity contribution in [1.82, 2.24) is 19.1 Å². The fourth-order valence-electron chi connectivity index (χ4n) is 6.96. The van der Waals surface area contributed by atoms with E-state index in [4.69, 9.17) is 0 Å². The van der Waals surface area contributed by atoms with E-state index in [1.807, 2.05) is 16.4 Å². The Balaban J connectivity index is 1.18. The second kappa shape index (κ2) is 8.80. The molecular formula is C25H33F2N5O2S. The quantitative estimate of drug-likeness (QED) is 0.611. The highest BCUT2D eigenvalue weighted by Crippen LogP contribution is 2.56. The summed E-state index contributed by atoms with van der Waals surface area (Å²) in [5.74, 6) is -0.0985. The number of fused-ring (bicyclic) bond motifs is 1. The van der Waals surface area contributed by atoms with Gasteiger partial charge in [-0.1, -0.05) is 19.3 Å². The maximum atomic E-state index is 15.2.